The molecule has 2 aliphatic rings. The molecule has 0 unspecified atom stereocenters. The SMILES string of the molecule is CCOc1ccccc1O[C@@H]1CCCN(c2cncc(Nc3nccc(N4CCC(CC(=O)O)CC4)n3)n2)C1. The molecule has 39 heavy (non-hydrogen) atoms. The maximum atomic E-state index is 11.0. The Morgan fingerprint density at radius 1 is 1.03 bits per heavy atom. The monoisotopic (exact) mass is 533 g/mol. The number of rotatable bonds is 10. The minimum Gasteiger partial charge on any atom is -0.490 e. The number of aliphatic carboxylic acids is 1. The van der Waals surface area contributed by atoms with E-state index in [4.69, 9.17) is 19.6 Å². The minimum atomic E-state index is -0.732. The van der Waals surface area contributed by atoms with E-state index < -0.39 is 5.97 Å². The van der Waals surface area contributed by atoms with Crippen LogP contribution in [-0.2, 0) is 4.79 Å². The average molecular weight is 534 g/mol. The number of hydrogen-bond acceptors (Lipinski definition) is 10. The van der Waals surface area contributed by atoms with Gasteiger partial charge in [-0.3, -0.25) is 9.78 Å². The zero-order valence-electron chi connectivity index (χ0n) is 22.2. The predicted octanol–water partition coefficient (Wildman–Crippen LogP) is 4.15. The topological polar surface area (TPSA) is 126 Å². The Balaban J connectivity index is 1.21. The molecule has 0 radical (unpaired) electrons. The molecule has 0 aliphatic carbocycles. The van der Waals surface area contributed by atoms with Gasteiger partial charge >= 0.3 is 5.97 Å². The lowest BCUT2D eigenvalue weighted by Crippen LogP contribution is -2.41. The first-order chi connectivity index (χ1) is 19.1. The summed E-state index contributed by atoms with van der Waals surface area (Å²) in [5, 5.41) is 12.3. The van der Waals surface area contributed by atoms with Gasteiger partial charge in [0.1, 0.15) is 17.7 Å². The lowest BCUT2D eigenvalue weighted by atomic mass is 9.94. The Kier molecular flexibility index (Phi) is 8.55. The Morgan fingerprint density at radius 3 is 2.64 bits per heavy atom. The van der Waals surface area contributed by atoms with E-state index in [1.165, 1.54) is 0 Å². The van der Waals surface area contributed by atoms with Gasteiger partial charge in [-0.2, -0.15) is 4.98 Å². The van der Waals surface area contributed by atoms with Crippen molar-refractivity contribution >= 4 is 29.4 Å². The number of aromatic nitrogens is 4. The van der Waals surface area contributed by atoms with Gasteiger partial charge in [-0.05, 0) is 56.7 Å². The van der Waals surface area contributed by atoms with Crippen LogP contribution in [0.2, 0.25) is 0 Å². The third-order valence-corrected chi connectivity index (χ3v) is 7.05. The molecule has 0 spiro atoms. The average Bonchev–Trinajstić information content (AvgIpc) is 2.95. The van der Waals surface area contributed by atoms with E-state index in [2.05, 4.69) is 30.1 Å². The van der Waals surface area contributed by atoms with Crippen LogP contribution in [0.1, 0.15) is 39.0 Å². The number of piperidine rings is 2. The summed E-state index contributed by atoms with van der Waals surface area (Å²) in [5.74, 6) is 3.59. The first-order valence-corrected chi connectivity index (χ1v) is 13.6. The molecule has 2 N–H and O–H groups in total. The van der Waals surface area contributed by atoms with E-state index in [1.807, 2.05) is 37.3 Å². The van der Waals surface area contributed by atoms with Gasteiger partial charge in [0.2, 0.25) is 5.95 Å². The number of hydrogen-bond donors (Lipinski definition) is 2. The number of nitrogens with one attached hydrogen (secondary N) is 1. The normalized spacial score (nSPS) is 18.0. The number of carbonyl (C=O) groups is 1. The second-order valence-corrected chi connectivity index (χ2v) is 9.86. The van der Waals surface area contributed by atoms with Crippen LogP contribution in [0.5, 0.6) is 11.5 Å². The molecule has 1 atom stereocenters. The van der Waals surface area contributed by atoms with Crippen LogP contribution >= 0.6 is 0 Å². The highest BCUT2D eigenvalue weighted by molar-refractivity contribution is 5.67. The highest BCUT2D eigenvalue weighted by atomic mass is 16.5. The molecule has 206 valence electrons. The van der Waals surface area contributed by atoms with Crippen LogP contribution in [0, 0.1) is 5.92 Å². The zero-order valence-corrected chi connectivity index (χ0v) is 22.2. The summed E-state index contributed by atoms with van der Waals surface area (Å²) in [5.41, 5.74) is 0. The van der Waals surface area contributed by atoms with Crippen molar-refractivity contribution in [1.82, 2.24) is 19.9 Å². The summed E-state index contributed by atoms with van der Waals surface area (Å²) >= 11 is 0. The Bertz CT molecular complexity index is 1250. The van der Waals surface area contributed by atoms with E-state index in [0.29, 0.717) is 24.9 Å². The molecule has 11 heteroatoms. The summed E-state index contributed by atoms with van der Waals surface area (Å²) in [4.78, 5) is 33.6. The van der Waals surface area contributed by atoms with Gasteiger partial charge in [0, 0.05) is 32.3 Å². The van der Waals surface area contributed by atoms with E-state index in [9.17, 15) is 4.79 Å². The van der Waals surface area contributed by atoms with Crippen molar-refractivity contribution < 1.29 is 19.4 Å². The fraction of sp³-hybridized carbons (Fsp3) is 0.464. The molecule has 2 aliphatic heterocycles. The summed E-state index contributed by atoms with van der Waals surface area (Å²) in [7, 11) is 0. The number of carboxylic acid groups (broad SMARTS) is 1. The second kappa shape index (κ2) is 12.6. The smallest absolute Gasteiger partial charge is 0.303 e. The third-order valence-electron chi connectivity index (χ3n) is 7.05. The third kappa shape index (κ3) is 7.04. The van der Waals surface area contributed by atoms with Gasteiger partial charge in [0.25, 0.3) is 0 Å². The van der Waals surface area contributed by atoms with Crippen molar-refractivity contribution in [3.8, 4) is 11.5 Å². The van der Waals surface area contributed by atoms with Crippen molar-refractivity contribution in [3.05, 3.63) is 48.9 Å². The number of para-hydroxylation sites is 2. The molecule has 0 amide bonds. The van der Waals surface area contributed by atoms with E-state index in [1.54, 1.807) is 18.6 Å². The molecular formula is C28H35N7O4. The largest absolute Gasteiger partial charge is 0.490 e. The second-order valence-electron chi connectivity index (χ2n) is 9.86. The maximum Gasteiger partial charge on any atom is 0.303 e. The molecule has 2 fully saturated rings. The molecule has 11 nitrogen and oxygen atoms in total. The maximum absolute atomic E-state index is 11.0. The molecule has 2 aromatic heterocycles. The highest BCUT2D eigenvalue weighted by Crippen LogP contribution is 2.30. The van der Waals surface area contributed by atoms with Crippen LogP contribution in [0.15, 0.2) is 48.9 Å². The standard InChI is InChI=1S/C28H35N7O4/c1-2-38-22-7-3-4-8-23(22)39-21-6-5-13-35(19-21)26-18-29-17-24(31-26)32-28-30-12-9-25(33-28)34-14-10-20(11-15-34)16-27(36)37/h3-4,7-9,12,17-18,20-21H,2,5-6,10-11,13-16,19H2,1H3,(H,36,37)(H,30,31,32,33)/t21-/m1/s1. The van der Waals surface area contributed by atoms with Crippen LogP contribution in [0.25, 0.3) is 0 Å². The first kappa shape index (κ1) is 26.5. The molecule has 4 heterocycles. The Hall–Kier alpha value is -4.15. The van der Waals surface area contributed by atoms with Gasteiger partial charge in [-0.25, -0.2) is 9.97 Å². The lowest BCUT2D eigenvalue weighted by molar-refractivity contribution is -0.138. The summed E-state index contributed by atoms with van der Waals surface area (Å²) in [6.07, 6.45) is 8.99. The Morgan fingerprint density at radius 2 is 1.85 bits per heavy atom. The summed E-state index contributed by atoms with van der Waals surface area (Å²) in [6, 6.07) is 9.65. The quantitative estimate of drug-likeness (QED) is 0.390. The number of nitrogens with zero attached hydrogens (tertiary/aromatic N) is 6. The molecule has 1 aromatic carbocycles. The minimum absolute atomic E-state index is 0.0124. The van der Waals surface area contributed by atoms with Crippen molar-refractivity contribution in [2.45, 2.75) is 45.1 Å². The molecule has 0 saturated carbocycles. The highest BCUT2D eigenvalue weighted by Gasteiger charge is 2.25. The van der Waals surface area contributed by atoms with Crippen molar-refractivity contribution in [2.24, 2.45) is 5.92 Å². The fourth-order valence-corrected chi connectivity index (χ4v) is 5.13. The van der Waals surface area contributed by atoms with Gasteiger partial charge < -0.3 is 29.7 Å². The molecule has 3 aromatic rings. The van der Waals surface area contributed by atoms with E-state index in [-0.39, 0.29) is 18.4 Å². The van der Waals surface area contributed by atoms with Crippen LogP contribution < -0.4 is 24.6 Å². The van der Waals surface area contributed by atoms with Crippen molar-refractivity contribution in [2.75, 3.05) is 47.9 Å². The van der Waals surface area contributed by atoms with Gasteiger partial charge in [-0.15, -0.1) is 0 Å². The Labute approximate surface area is 228 Å². The first-order valence-electron chi connectivity index (χ1n) is 13.6. The summed E-state index contributed by atoms with van der Waals surface area (Å²) < 4.78 is 12.1. The molecule has 0 bridgehead atoms. The number of benzene rings is 1. The van der Waals surface area contributed by atoms with Gasteiger partial charge in [0.15, 0.2) is 17.3 Å². The predicted molar refractivity (Wildman–Crippen MR) is 148 cm³/mol. The van der Waals surface area contributed by atoms with E-state index in [0.717, 1.165) is 68.5 Å². The number of anilines is 4. The summed E-state index contributed by atoms with van der Waals surface area (Å²) in [6.45, 7) is 5.67. The number of ether oxygens (including phenoxy) is 2. The zero-order chi connectivity index (χ0) is 27.0. The lowest BCUT2D eigenvalue weighted by Gasteiger charge is -2.33. The molecule has 5 rings (SSSR count). The van der Waals surface area contributed by atoms with Crippen LogP contribution in [-0.4, -0.2) is 69.9 Å². The number of carboxylic acids is 1. The van der Waals surface area contributed by atoms with Crippen molar-refractivity contribution in [1.29, 1.82) is 0 Å². The van der Waals surface area contributed by atoms with Gasteiger partial charge in [0.05, 0.1) is 25.5 Å². The fourth-order valence-electron chi connectivity index (χ4n) is 5.13. The van der Waals surface area contributed by atoms with Crippen molar-refractivity contribution in [3.63, 3.8) is 0 Å². The van der Waals surface area contributed by atoms with Crippen LogP contribution in [0.4, 0.5) is 23.4 Å². The molecule has 2 saturated heterocycles. The van der Waals surface area contributed by atoms with E-state index >= 15 is 0 Å². The molecular weight excluding hydrogens is 498 g/mol. The van der Waals surface area contributed by atoms with Gasteiger partial charge in [-0.1, -0.05) is 12.1 Å². The van der Waals surface area contributed by atoms with Crippen LogP contribution in [0.3, 0.4) is 0 Å².